The Bertz CT molecular complexity index is 756. The van der Waals surface area contributed by atoms with Crippen LogP contribution in [-0.2, 0) is 4.79 Å². The highest BCUT2D eigenvalue weighted by molar-refractivity contribution is 5.91. The molecule has 0 unspecified atom stereocenters. The zero-order valence-electron chi connectivity index (χ0n) is 16.8. The summed E-state index contributed by atoms with van der Waals surface area (Å²) in [5, 5.41) is 0. The molecule has 7 heteroatoms. The first-order chi connectivity index (χ1) is 13.6. The van der Waals surface area contributed by atoms with Gasteiger partial charge in [-0.05, 0) is 47.0 Å². The Morgan fingerprint density at radius 2 is 0.929 bits per heavy atom. The molecule has 2 rings (SSSR count). The average Bonchev–Trinajstić information content (AvgIpc) is 2.75. The van der Waals surface area contributed by atoms with Crippen molar-refractivity contribution >= 4 is 11.9 Å². The van der Waals surface area contributed by atoms with Gasteiger partial charge in [-0.1, -0.05) is 0 Å². The lowest BCUT2D eigenvalue weighted by Gasteiger charge is -2.18. The van der Waals surface area contributed by atoms with Gasteiger partial charge >= 0.3 is 0 Å². The first-order valence-electron chi connectivity index (χ1n) is 8.34. The summed E-state index contributed by atoms with van der Waals surface area (Å²) >= 11 is 0. The van der Waals surface area contributed by atoms with Gasteiger partial charge in [-0.15, -0.1) is 0 Å². The van der Waals surface area contributed by atoms with Crippen molar-refractivity contribution in [1.29, 1.82) is 0 Å². The maximum atomic E-state index is 11.4. The Morgan fingerprint density at radius 1 is 0.607 bits per heavy atom. The van der Waals surface area contributed by atoms with E-state index in [1.54, 1.807) is 24.3 Å². The van der Waals surface area contributed by atoms with Crippen molar-refractivity contribution in [1.82, 2.24) is 0 Å². The molecule has 28 heavy (non-hydrogen) atoms. The van der Waals surface area contributed by atoms with Gasteiger partial charge in [-0.2, -0.15) is 0 Å². The lowest BCUT2D eigenvalue weighted by Crippen LogP contribution is -2.00. The standard InChI is InChI=1S/C21H24O7/c1-23-16-9-13(10-17(24-2)20(16)27-5)15(7-8-22)14-11-18(25-3)21(28-6)19(12-14)26-4/h7-12H,1-6H3. The summed E-state index contributed by atoms with van der Waals surface area (Å²) in [5.41, 5.74) is 2.00. The maximum Gasteiger partial charge on any atom is 0.203 e. The molecule has 0 aliphatic carbocycles. The van der Waals surface area contributed by atoms with E-state index in [2.05, 4.69) is 0 Å². The second-order valence-corrected chi connectivity index (χ2v) is 5.54. The zero-order chi connectivity index (χ0) is 20.7. The molecule has 0 heterocycles. The smallest absolute Gasteiger partial charge is 0.203 e. The molecule has 150 valence electrons. The second-order valence-electron chi connectivity index (χ2n) is 5.54. The quantitative estimate of drug-likeness (QED) is 0.482. The van der Waals surface area contributed by atoms with Gasteiger partial charge in [0.25, 0.3) is 0 Å². The van der Waals surface area contributed by atoms with Gasteiger partial charge in [-0.3, -0.25) is 4.79 Å². The number of carbonyl (C=O) groups excluding carboxylic acids is 1. The fraction of sp³-hybridized carbons (Fsp3) is 0.286. The van der Waals surface area contributed by atoms with Gasteiger partial charge in [0.15, 0.2) is 23.0 Å². The van der Waals surface area contributed by atoms with Crippen LogP contribution in [0.15, 0.2) is 30.3 Å². The molecule has 0 saturated heterocycles. The number of aldehydes is 1. The van der Waals surface area contributed by atoms with Crippen molar-refractivity contribution in [2.24, 2.45) is 0 Å². The van der Waals surface area contributed by atoms with Crippen LogP contribution < -0.4 is 28.4 Å². The van der Waals surface area contributed by atoms with Crippen LogP contribution >= 0.6 is 0 Å². The average molecular weight is 388 g/mol. The monoisotopic (exact) mass is 388 g/mol. The van der Waals surface area contributed by atoms with Crippen molar-refractivity contribution in [3.05, 3.63) is 41.5 Å². The predicted molar refractivity (Wildman–Crippen MR) is 105 cm³/mol. The molecule has 2 aromatic rings. The Balaban J connectivity index is 2.74. The minimum absolute atomic E-state index is 0.462. The van der Waals surface area contributed by atoms with E-state index in [0.29, 0.717) is 57.5 Å². The highest BCUT2D eigenvalue weighted by atomic mass is 16.5. The molecule has 0 amide bonds. The van der Waals surface area contributed by atoms with Gasteiger partial charge in [0.05, 0.1) is 42.7 Å². The number of ether oxygens (including phenoxy) is 6. The molecule has 0 N–H and O–H groups in total. The summed E-state index contributed by atoms with van der Waals surface area (Å²) in [6.45, 7) is 0. The van der Waals surface area contributed by atoms with Gasteiger partial charge < -0.3 is 28.4 Å². The Hall–Kier alpha value is -3.35. The Kier molecular flexibility index (Phi) is 7.14. The lowest BCUT2D eigenvalue weighted by molar-refractivity contribution is -0.104. The first-order valence-corrected chi connectivity index (χ1v) is 8.34. The van der Waals surface area contributed by atoms with Gasteiger partial charge in [0.2, 0.25) is 11.5 Å². The summed E-state index contributed by atoms with van der Waals surface area (Å²) in [7, 11) is 9.18. The van der Waals surface area contributed by atoms with E-state index < -0.39 is 0 Å². The summed E-state index contributed by atoms with van der Waals surface area (Å²) in [6.07, 6.45) is 2.16. The van der Waals surface area contributed by atoms with Crippen LogP contribution in [0.3, 0.4) is 0 Å². The van der Waals surface area contributed by atoms with Crippen molar-refractivity contribution in [3.8, 4) is 34.5 Å². The number of hydrogen-bond acceptors (Lipinski definition) is 7. The van der Waals surface area contributed by atoms with Gasteiger partial charge in [0.1, 0.15) is 6.29 Å². The second kappa shape index (κ2) is 9.55. The number of methoxy groups -OCH3 is 6. The summed E-state index contributed by atoms with van der Waals surface area (Å²) in [6, 6.07) is 7.06. The van der Waals surface area contributed by atoms with Crippen LogP contribution in [0.5, 0.6) is 34.5 Å². The molecule has 0 aliphatic rings. The van der Waals surface area contributed by atoms with Crippen LogP contribution in [-0.4, -0.2) is 48.9 Å². The molecule has 0 bridgehead atoms. The van der Waals surface area contributed by atoms with Crippen LogP contribution in [0.4, 0.5) is 0 Å². The third-order valence-electron chi connectivity index (χ3n) is 4.19. The van der Waals surface area contributed by atoms with E-state index in [-0.39, 0.29) is 0 Å². The highest BCUT2D eigenvalue weighted by Gasteiger charge is 2.19. The zero-order valence-corrected chi connectivity index (χ0v) is 16.8. The van der Waals surface area contributed by atoms with Crippen molar-refractivity contribution in [3.63, 3.8) is 0 Å². The minimum Gasteiger partial charge on any atom is -0.493 e. The number of carbonyl (C=O) groups is 1. The van der Waals surface area contributed by atoms with Crippen molar-refractivity contribution in [2.45, 2.75) is 0 Å². The van der Waals surface area contributed by atoms with Gasteiger partial charge in [0, 0.05) is 0 Å². The van der Waals surface area contributed by atoms with E-state index in [9.17, 15) is 4.79 Å². The number of benzene rings is 2. The number of hydrogen-bond donors (Lipinski definition) is 0. The molecule has 0 spiro atoms. The molecule has 0 radical (unpaired) electrons. The summed E-state index contributed by atoms with van der Waals surface area (Å²) in [5.74, 6) is 2.82. The van der Waals surface area contributed by atoms with Crippen molar-refractivity contribution in [2.75, 3.05) is 42.7 Å². The fourth-order valence-electron chi connectivity index (χ4n) is 2.90. The summed E-state index contributed by atoms with van der Waals surface area (Å²) in [4.78, 5) is 11.4. The van der Waals surface area contributed by atoms with E-state index in [4.69, 9.17) is 28.4 Å². The largest absolute Gasteiger partial charge is 0.493 e. The van der Waals surface area contributed by atoms with Crippen LogP contribution in [0.2, 0.25) is 0 Å². The molecule has 0 aromatic heterocycles. The molecule has 0 saturated carbocycles. The number of allylic oxidation sites excluding steroid dienone is 1. The first kappa shape index (κ1) is 21.0. The number of rotatable bonds is 9. The molecular weight excluding hydrogens is 364 g/mol. The predicted octanol–water partition coefficient (Wildman–Crippen LogP) is 3.37. The van der Waals surface area contributed by atoms with Crippen LogP contribution in [0.1, 0.15) is 11.1 Å². The summed E-state index contributed by atoms with van der Waals surface area (Å²) < 4.78 is 32.4. The molecule has 2 aromatic carbocycles. The SMILES string of the molecule is COc1cc(C(=CC=O)c2cc(OC)c(OC)c(OC)c2)cc(OC)c1OC. The van der Waals surface area contributed by atoms with E-state index in [1.807, 2.05) is 0 Å². The van der Waals surface area contributed by atoms with Crippen LogP contribution in [0, 0.1) is 0 Å². The van der Waals surface area contributed by atoms with E-state index in [0.717, 1.165) is 0 Å². The highest BCUT2D eigenvalue weighted by Crippen LogP contribution is 2.44. The normalized spacial score (nSPS) is 9.93. The third kappa shape index (κ3) is 3.98. The van der Waals surface area contributed by atoms with Crippen LogP contribution in [0.25, 0.3) is 5.57 Å². The van der Waals surface area contributed by atoms with E-state index in [1.165, 1.54) is 48.7 Å². The minimum atomic E-state index is 0.462. The molecule has 0 fully saturated rings. The molecule has 7 nitrogen and oxygen atoms in total. The maximum absolute atomic E-state index is 11.4. The molecule has 0 atom stereocenters. The van der Waals surface area contributed by atoms with Crippen molar-refractivity contribution < 1.29 is 33.2 Å². The third-order valence-corrected chi connectivity index (χ3v) is 4.19. The van der Waals surface area contributed by atoms with E-state index >= 15 is 0 Å². The lowest BCUT2D eigenvalue weighted by atomic mass is 9.96. The Morgan fingerprint density at radius 3 is 1.14 bits per heavy atom. The fourth-order valence-corrected chi connectivity index (χ4v) is 2.90. The topological polar surface area (TPSA) is 72.5 Å². The molecular formula is C21H24O7. The van der Waals surface area contributed by atoms with Gasteiger partial charge in [-0.25, -0.2) is 0 Å². The Labute approximate surface area is 164 Å². The molecule has 0 aliphatic heterocycles.